The molecular formula is C26H26ClN5O2S. The van der Waals surface area contributed by atoms with Gasteiger partial charge in [-0.2, -0.15) is 0 Å². The highest BCUT2D eigenvalue weighted by Crippen LogP contribution is 2.25. The van der Waals surface area contributed by atoms with Crippen LogP contribution < -0.4 is 10.6 Å². The minimum atomic E-state index is -0.351. The molecule has 2 amide bonds. The molecule has 0 saturated heterocycles. The minimum Gasteiger partial charge on any atom is -0.342 e. The standard InChI is InChI=1S/C26H26ClN5O2S/c1-16(2)23(29-25(34)18-8-11-20(27)12-9-18)24-30-31-26(32(24)3)35-15-22(33)28-21-13-10-17-6-4-5-7-19(17)14-21/h4-14,16,23H,15H2,1-3H3,(H,28,33)(H,29,34)/t23-/m0/s1. The van der Waals surface area contributed by atoms with Gasteiger partial charge in [-0.25, -0.2) is 0 Å². The van der Waals surface area contributed by atoms with E-state index >= 15 is 0 Å². The number of anilines is 1. The Labute approximate surface area is 213 Å². The molecule has 0 aliphatic carbocycles. The maximum absolute atomic E-state index is 12.8. The van der Waals surface area contributed by atoms with E-state index in [0.29, 0.717) is 21.6 Å². The van der Waals surface area contributed by atoms with Gasteiger partial charge in [-0.05, 0) is 53.1 Å². The summed E-state index contributed by atoms with van der Waals surface area (Å²) in [5.41, 5.74) is 1.26. The predicted molar refractivity (Wildman–Crippen MR) is 141 cm³/mol. The van der Waals surface area contributed by atoms with Crippen molar-refractivity contribution in [3.63, 3.8) is 0 Å². The fourth-order valence-electron chi connectivity index (χ4n) is 3.67. The van der Waals surface area contributed by atoms with E-state index in [-0.39, 0.29) is 29.5 Å². The van der Waals surface area contributed by atoms with Crippen LogP contribution in [0.5, 0.6) is 0 Å². The number of carbonyl (C=O) groups excluding carboxylic acids is 2. The first-order chi connectivity index (χ1) is 16.8. The third-order valence-corrected chi connectivity index (χ3v) is 6.84. The van der Waals surface area contributed by atoms with E-state index < -0.39 is 0 Å². The monoisotopic (exact) mass is 507 g/mol. The Balaban J connectivity index is 1.40. The third-order valence-electron chi connectivity index (χ3n) is 5.57. The van der Waals surface area contributed by atoms with Gasteiger partial charge < -0.3 is 15.2 Å². The molecule has 35 heavy (non-hydrogen) atoms. The third kappa shape index (κ3) is 6.01. The summed E-state index contributed by atoms with van der Waals surface area (Å²) in [6.07, 6.45) is 0. The van der Waals surface area contributed by atoms with E-state index in [4.69, 9.17) is 11.6 Å². The highest BCUT2D eigenvalue weighted by atomic mass is 35.5. The second kappa shape index (κ2) is 10.9. The molecule has 4 aromatic rings. The van der Waals surface area contributed by atoms with Gasteiger partial charge in [0.1, 0.15) is 0 Å². The molecule has 0 aliphatic heterocycles. The van der Waals surface area contributed by atoms with Crippen molar-refractivity contribution >= 4 is 51.6 Å². The largest absolute Gasteiger partial charge is 0.342 e. The van der Waals surface area contributed by atoms with E-state index in [2.05, 4.69) is 20.8 Å². The van der Waals surface area contributed by atoms with Crippen LogP contribution in [-0.4, -0.2) is 32.3 Å². The number of nitrogens with one attached hydrogen (secondary N) is 2. The Morgan fingerprint density at radius 3 is 2.43 bits per heavy atom. The topological polar surface area (TPSA) is 88.9 Å². The van der Waals surface area contributed by atoms with E-state index in [1.54, 1.807) is 24.3 Å². The van der Waals surface area contributed by atoms with Crippen LogP contribution >= 0.6 is 23.4 Å². The molecule has 0 bridgehead atoms. The molecule has 1 heterocycles. The highest BCUT2D eigenvalue weighted by Gasteiger charge is 2.25. The minimum absolute atomic E-state index is 0.0724. The molecule has 3 aromatic carbocycles. The number of hydrogen-bond acceptors (Lipinski definition) is 5. The lowest BCUT2D eigenvalue weighted by Gasteiger charge is -2.21. The Morgan fingerprint density at radius 1 is 1.00 bits per heavy atom. The average molecular weight is 508 g/mol. The molecule has 0 radical (unpaired) electrons. The lowest BCUT2D eigenvalue weighted by molar-refractivity contribution is -0.113. The summed E-state index contributed by atoms with van der Waals surface area (Å²) in [6.45, 7) is 4.01. The number of rotatable bonds is 8. The molecule has 4 rings (SSSR count). The van der Waals surface area contributed by atoms with Gasteiger partial charge in [-0.1, -0.05) is 67.5 Å². The number of halogens is 1. The first-order valence-electron chi connectivity index (χ1n) is 11.2. The SMILES string of the molecule is CC(C)[C@H](NC(=O)c1ccc(Cl)cc1)c1nnc(SCC(=O)Nc2ccc3ccccc3c2)n1C. The molecule has 0 aliphatic rings. The number of nitrogens with zero attached hydrogens (tertiary/aromatic N) is 3. The van der Waals surface area contributed by atoms with Gasteiger partial charge in [-0.3, -0.25) is 9.59 Å². The lowest BCUT2D eigenvalue weighted by Crippen LogP contribution is -2.33. The molecule has 9 heteroatoms. The second-order valence-corrected chi connectivity index (χ2v) is 9.88. The van der Waals surface area contributed by atoms with Gasteiger partial charge in [0.2, 0.25) is 5.91 Å². The normalized spacial score (nSPS) is 12.0. The van der Waals surface area contributed by atoms with Crippen molar-refractivity contribution in [3.8, 4) is 0 Å². The van der Waals surface area contributed by atoms with Crippen LogP contribution in [0.4, 0.5) is 5.69 Å². The zero-order valence-electron chi connectivity index (χ0n) is 19.7. The fourth-order valence-corrected chi connectivity index (χ4v) is 4.52. The Kier molecular flexibility index (Phi) is 7.73. The van der Waals surface area contributed by atoms with Gasteiger partial charge in [0.05, 0.1) is 11.8 Å². The number of carbonyl (C=O) groups is 2. The Hall–Kier alpha value is -3.36. The number of amides is 2. The van der Waals surface area contributed by atoms with Crippen LogP contribution in [0.3, 0.4) is 0 Å². The van der Waals surface area contributed by atoms with Crippen LogP contribution in [0, 0.1) is 5.92 Å². The van der Waals surface area contributed by atoms with Gasteiger partial charge in [0.15, 0.2) is 11.0 Å². The summed E-state index contributed by atoms with van der Waals surface area (Å²) in [5, 5.41) is 17.9. The van der Waals surface area contributed by atoms with Crippen LogP contribution in [-0.2, 0) is 11.8 Å². The molecule has 2 N–H and O–H groups in total. The smallest absolute Gasteiger partial charge is 0.251 e. The zero-order chi connectivity index (χ0) is 24.9. The summed E-state index contributed by atoms with van der Waals surface area (Å²) in [5.74, 6) is 0.531. The first-order valence-corrected chi connectivity index (χ1v) is 12.6. The lowest BCUT2D eigenvalue weighted by atomic mass is 10.0. The van der Waals surface area contributed by atoms with E-state index in [0.717, 1.165) is 16.5 Å². The summed E-state index contributed by atoms with van der Waals surface area (Å²) in [4.78, 5) is 25.3. The first kappa shape index (κ1) is 24.8. The number of aromatic nitrogens is 3. The maximum Gasteiger partial charge on any atom is 0.251 e. The second-order valence-electron chi connectivity index (χ2n) is 8.50. The van der Waals surface area contributed by atoms with E-state index in [1.165, 1.54) is 11.8 Å². The summed E-state index contributed by atoms with van der Waals surface area (Å²) < 4.78 is 1.82. The van der Waals surface area contributed by atoms with Crippen molar-refractivity contribution in [2.24, 2.45) is 13.0 Å². The van der Waals surface area contributed by atoms with Gasteiger partial charge in [-0.15, -0.1) is 10.2 Å². The van der Waals surface area contributed by atoms with Crippen LogP contribution in [0.25, 0.3) is 10.8 Å². The van der Waals surface area contributed by atoms with Crippen LogP contribution in [0.1, 0.15) is 36.1 Å². The number of hydrogen-bond donors (Lipinski definition) is 2. The van der Waals surface area contributed by atoms with Crippen molar-refractivity contribution in [3.05, 3.63) is 83.1 Å². The molecule has 0 fully saturated rings. The Morgan fingerprint density at radius 2 is 1.71 bits per heavy atom. The number of fused-ring (bicyclic) bond motifs is 1. The number of thioether (sulfide) groups is 1. The molecular weight excluding hydrogens is 482 g/mol. The Bertz CT molecular complexity index is 1350. The van der Waals surface area contributed by atoms with E-state index in [1.807, 2.05) is 67.9 Å². The van der Waals surface area contributed by atoms with Crippen LogP contribution in [0.2, 0.25) is 5.02 Å². The van der Waals surface area contributed by atoms with Gasteiger partial charge in [0.25, 0.3) is 5.91 Å². The van der Waals surface area contributed by atoms with Crippen molar-refractivity contribution < 1.29 is 9.59 Å². The van der Waals surface area contributed by atoms with Gasteiger partial charge >= 0.3 is 0 Å². The quantitative estimate of drug-likeness (QED) is 0.308. The molecule has 1 aromatic heterocycles. The summed E-state index contributed by atoms with van der Waals surface area (Å²) in [7, 11) is 1.84. The summed E-state index contributed by atoms with van der Waals surface area (Å²) >= 11 is 7.22. The molecule has 0 saturated carbocycles. The molecule has 7 nitrogen and oxygen atoms in total. The van der Waals surface area contributed by atoms with Crippen molar-refractivity contribution in [2.75, 3.05) is 11.1 Å². The molecule has 1 atom stereocenters. The molecule has 180 valence electrons. The molecule has 0 unspecified atom stereocenters. The molecule has 0 spiro atoms. The van der Waals surface area contributed by atoms with Gasteiger partial charge in [0, 0.05) is 23.3 Å². The van der Waals surface area contributed by atoms with Crippen LogP contribution in [0.15, 0.2) is 71.9 Å². The number of benzene rings is 3. The van der Waals surface area contributed by atoms with Crippen molar-refractivity contribution in [1.29, 1.82) is 0 Å². The summed E-state index contributed by atoms with van der Waals surface area (Å²) in [6, 6.07) is 20.2. The fraction of sp³-hybridized carbons (Fsp3) is 0.231. The van der Waals surface area contributed by atoms with E-state index in [9.17, 15) is 9.59 Å². The zero-order valence-corrected chi connectivity index (χ0v) is 21.2. The van der Waals surface area contributed by atoms with Crippen molar-refractivity contribution in [2.45, 2.75) is 25.0 Å². The average Bonchev–Trinajstić information content (AvgIpc) is 3.21. The maximum atomic E-state index is 12.8. The van der Waals surface area contributed by atoms with Crippen molar-refractivity contribution in [1.82, 2.24) is 20.1 Å². The predicted octanol–water partition coefficient (Wildman–Crippen LogP) is 5.48. The highest BCUT2D eigenvalue weighted by molar-refractivity contribution is 7.99.